The summed E-state index contributed by atoms with van der Waals surface area (Å²) in [6.07, 6.45) is 2.95. The molecule has 0 aromatic heterocycles. The first kappa shape index (κ1) is 13.5. The maximum atomic E-state index is 12.0. The second kappa shape index (κ2) is 5.34. The standard InChI is InChI=1S/C12H16N2O2S2/c13-12(17)11-7-2-1-4-9(11)8-18(15,16)14-10-5-3-6-10/h1-2,4,7,10,14H,3,5-6,8H2,(H2,13,17). The van der Waals surface area contributed by atoms with E-state index in [0.717, 1.165) is 19.3 Å². The Morgan fingerprint density at radius 3 is 2.61 bits per heavy atom. The number of sulfonamides is 1. The molecule has 0 atom stereocenters. The summed E-state index contributed by atoms with van der Waals surface area (Å²) in [4.78, 5) is 0.226. The van der Waals surface area contributed by atoms with Crippen molar-refractivity contribution in [2.75, 3.05) is 0 Å². The summed E-state index contributed by atoms with van der Waals surface area (Å²) in [5, 5.41) is 0. The zero-order chi connectivity index (χ0) is 13.2. The van der Waals surface area contributed by atoms with E-state index in [1.54, 1.807) is 24.3 Å². The van der Waals surface area contributed by atoms with Crippen LogP contribution in [-0.4, -0.2) is 19.4 Å². The summed E-state index contributed by atoms with van der Waals surface area (Å²) < 4.78 is 26.7. The maximum Gasteiger partial charge on any atom is 0.216 e. The lowest BCUT2D eigenvalue weighted by Crippen LogP contribution is -2.40. The van der Waals surface area contributed by atoms with E-state index in [1.807, 2.05) is 0 Å². The molecule has 18 heavy (non-hydrogen) atoms. The van der Waals surface area contributed by atoms with Gasteiger partial charge in [-0.3, -0.25) is 0 Å². The van der Waals surface area contributed by atoms with Crippen molar-refractivity contribution < 1.29 is 8.42 Å². The van der Waals surface area contributed by atoms with Gasteiger partial charge in [-0.05, 0) is 18.4 Å². The molecule has 0 amide bonds. The van der Waals surface area contributed by atoms with Crippen LogP contribution in [0.2, 0.25) is 0 Å². The number of benzene rings is 1. The summed E-state index contributed by atoms with van der Waals surface area (Å²) in [6, 6.07) is 7.18. The van der Waals surface area contributed by atoms with Gasteiger partial charge in [-0.1, -0.05) is 42.9 Å². The molecule has 2 rings (SSSR count). The number of hydrogen-bond acceptors (Lipinski definition) is 3. The Morgan fingerprint density at radius 2 is 2.06 bits per heavy atom. The SMILES string of the molecule is NC(=S)c1ccccc1CS(=O)(=O)NC1CCC1. The highest BCUT2D eigenvalue weighted by Gasteiger charge is 2.24. The minimum atomic E-state index is -3.32. The molecule has 1 aliphatic rings. The molecule has 0 bridgehead atoms. The highest BCUT2D eigenvalue weighted by atomic mass is 32.2. The number of thiocarbonyl (C=S) groups is 1. The topological polar surface area (TPSA) is 72.2 Å². The van der Waals surface area contributed by atoms with Crippen LogP contribution in [0.5, 0.6) is 0 Å². The molecule has 0 saturated heterocycles. The Hall–Kier alpha value is -0.980. The van der Waals surface area contributed by atoms with Gasteiger partial charge in [0.2, 0.25) is 10.0 Å². The third-order valence-electron chi connectivity index (χ3n) is 3.08. The quantitative estimate of drug-likeness (QED) is 0.799. The van der Waals surface area contributed by atoms with Gasteiger partial charge < -0.3 is 5.73 Å². The van der Waals surface area contributed by atoms with Crippen molar-refractivity contribution in [3.63, 3.8) is 0 Å². The van der Waals surface area contributed by atoms with E-state index in [0.29, 0.717) is 11.1 Å². The van der Waals surface area contributed by atoms with Crippen LogP contribution < -0.4 is 10.5 Å². The highest BCUT2D eigenvalue weighted by Crippen LogP contribution is 2.20. The van der Waals surface area contributed by atoms with E-state index in [-0.39, 0.29) is 16.8 Å². The summed E-state index contributed by atoms with van der Waals surface area (Å²) in [6.45, 7) is 0. The van der Waals surface area contributed by atoms with Crippen LogP contribution in [0.25, 0.3) is 0 Å². The van der Waals surface area contributed by atoms with Crippen LogP contribution >= 0.6 is 12.2 Å². The maximum absolute atomic E-state index is 12.0. The van der Waals surface area contributed by atoms with Gasteiger partial charge in [0.15, 0.2) is 0 Å². The summed E-state index contributed by atoms with van der Waals surface area (Å²) in [7, 11) is -3.32. The Morgan fingerprint density at radius 1 is 1.39 bits per heavy atom. The first-order chi connectivity index (χ1) is 8.48. The van der Waals surface area contributed by atoms with Crippen molar-refractivity contribution >= 4 is 27.2 Å². The zero-order valence-electron chi connectivity index (χ0n) is 9.93. The van der Waals surface area contributed by atoms with Gasteiger partial charge >= 0.3 is 0 Å². The van der Waals surface area contributed by atoms with Gasteiger partial charge in [-0.15, -0.1) is 0 Å². The fourth-order valence-electron chi connectivity index (χ4n) is 1.91. The van der Waals surface area contributed by atoms with Crippen LogP contribution in [-0.2, 0) is 15.8 Å². The number of rotatable bonds is 5. The van der Waals surface area contributed by atoms with Gasteiger partial charge in [-0.25, -0.2) is 13.1 Å². The highest BCUT2D eigenvalue weighted by molar-refractivity contribution is 7.88. The van der Waals surface area contributed by atoms with Crippen LogP contribution in [0, 0.1) is 0 Å². The molecule has 1 saturated carbocycles. The molecule has 3 N–H and O–H groups in total. The van der Waals surface area contributed by atoms with Gasteiger partial charge in [0.25, 0.3) is 0 Å². The molecule has 0 radical (unpaired) electrons. The van der Waals surface area contributed by atoms with Crippen molar-refractivity contribution in [2.24, 2.45) is 5.73 Å². The summed E-state index contributed by atoms with van der Waals surface area (Å²) in [5.41, 5.74) is 6.87. The van der Waals surface area contributed by atoms with E-state index >= 15 is 0 Å². The lowest BCUT2D eigenvalue weighted by atomic mass is 9.94. The lowest BCUT2D eigenvalue weighted by Gasteiger charge is -2.26. The van der Waals surface area contributed by atoms with Crippen LogP contribution in [0.3, 0.4) is 0 Å². The number of nitrogens with two attached hydrogens (primary N) is 1. The smallest absolute Gasteiger partial charge is 0.216 e. The van der Waals surface area contributed by atoms with E-state index in [4.69, 9.17) is 18.0 Å². The Labute approximate surface area is 113 Å². The lowest BCUT2D eigenvalue weighted by molar-refractivity contribution is 0.383. The first-order valence-electron chi connectivity index (χ1n) is 5.86. The molecule has 1 fully saturated rings. The molecular formula is C12H16N2O2S2. The van der Waals surface area contributed by atoms with Crippen LogP contribution in [0.1, 0.15) is 30.4 Å². The number of hydrogen-bond donors (Lipinski definition) is 2. The first-order valence-corrected chi connectivity index (χ1v) is 7.92. The average Bonchev–Trinajstić information content (AvgIpc) is 2.24. The minimum absolute atomic E-state index is 0.0724. The van der Waals surface area contributed by atoms with Crippen molar-refractivity contribution in [1.82, 2.24) is 4.72 Å². The third kappa shape index (κ3) is 3.28. The third-order valence-corrected chi connectivity index (χ3v) is 4.68. The molecule has 4 nitrogen and oxygen atoms in total. The number of nitrogens with one attached hydrogen (secondary N) is 1. The van der Waals surface area contributed by atoms with E-state index in [1.165, 1.54) is 0 Å². The van der Waals surface area contributed by atoms with Gasteiger partial charge in [0, 0.05) is 11.6 Å². The summed E-state index contributed by atoms with van der Waals surface area (Å²) >= 11 is 4.92. The normalized spacial score (nSPS) is 16.2. The fourth-order valence-corrected chi connectivity index (χ4v) is 3.60. The Balaban J connectivity index is 2.15. The molecule has 0 heterocycles. The second-order valence-electron chi connectivity index (χ2n) is 4.53. The molecule has 6 heteroatoms. The Bertz CT molecular complexity index is 551. The second-order valence-corrected chi connectivity index (χ2v) is 6.72. The van der Waals surface area contributed by atoms with E-state index in [2.05, 4.69) is 4.72 Å². The molecule has 1 aromatic rings. The van der Waals surface area contributed by atoms with Gasteiger partial charge in [0.1, 0.15) is 4.99 Å². The van der Waals surface area contributed by atoms with Crippen molar-refractivity contribution in [2.45, 2.75) is 31.1 Å². The van der Waals surface area contributed by atoms with Gasteiger partial charge in [0.05, 0.1) is 5.75 Å². The van der Waals surface area contributed by atoms with Gasteiger partial charge in [-0.2, -0.15) is 0 Å². The predicted octanol–water partition coefficient (Wildman–Crippen LogP) is 1.29. The zero-order valence-corrected chi connectivity index (χ0v) is 11.6. The molecule has 0 spiro atoms. The van der Waals surface area contributed by atoms with Crippen LogP contribution in [0.15, 0.2) is 24.3 Å². The molecule has 0 aliphatic heterocycles. The van der Waals surface area contributed by atoms with E-state index < -0.39 is 10.0 Å². The molecular weight excluding hydrogens is 268 g/mol. The monoisotopic (exact) mass is 284 g/mol. The van der Waals surface area contributed by atoms with E-state index in [9.17, 15) is 8.42 Å². The average molecular weight is 284 g/mol. The minimum Gasteiger partial charge on any atom is -0.389 e. The predicted molar refractivity (Wildman–Crippen MR) is 75.7 cm³/mol. The molecule has 1 aromatic carbocycles. The fraction of sp³-hybridized carbons (Fsp3) is 0.417. The molecule has 1 aliphatic carbocycles. The molecule has 0 unspecified atom stereocenters. The van der Waals surface area contributed by atoms with Crippen molar-refractivity contribution in [1.29, 1.82) is 0 Å². The van der Waals surface area contributed by atoms with Crippen LogP contribution in [0.4, 0.5) is 0 Å². The summed E-state index contributed by atoms with van der Waals surface area (Å²) in [5.74, 6) is -0.0724. The largest absolute Gasteiger partial charge is 0.389 e. The van der Waals surface area contributed by atoms with Crippen molar-refractivity contribution in [3.8, 4) is 0 Å². The Kier molecular flexibility index (Phi) is 3.99. The molecule has 98 valence electrons. The van der Waals surface area contributed by atoms with Crippen molar-refractivity contribution in [3.05, 3.63) is 35.4 Å².